The van der Waals surface area contributed by atoms with Gasteiger partial charge in [-0.2, -0.15) is 10.2 Å². The van der Waals surface area contributed by atoms with E-state index in [2.05, 4.69) is 50.3 Å². The van der Waals surface area contributed by atoms with E-state index in [1.165, 1.54) is 51.7 Å². The van der Waals surface area contributed by atoms with Gasteiger partial charge in [0.05, 0.1) is 17.3 Å². The largest absolute Gasteiger partial charge is 0.381 e. The van der Waals surface area contributed by atoms with Gasteiger partial charge in [0.2, 0.25) is 0 Å². The van der Waals surface area contributed by atoms with Crippen LogP contribution >= 0.6 is 0 Å². The van der Waals surface area contributed by atoms with Crippen LogP contribution in [-0.2, 0) is 33.6 Å². The van der Waals surface area contributed by atoms with Crippen molar-refractivity contribution in [3.05, 3.63) is 103 Å². The monoisotopic (exact) mass is 898 g/mol. The minimum atomic E-state index is -3.80. The van der Waals surface area contributed by atoms with E-state index in [9.17, 15) is 8.42 Å². The van der Waals surface area contributed by atoms with Gasteiger partial charge >= 0.3 is 0 Å². The Morgan fingerprint density at radius 3 is 1.65 bits per heavy atom. The lowest BCUT2D eigenvalue weighted by atomic mass is 9.81. The summed E-state index contributed by atoms with van der Waals surface area (Å²) in [7, 11) is 0.0189. The molecule has 0 bridgehead atoms. The maximum absolute atomic E-state index is 13.6. The Kier molecular flexibility index (Phi) is 13.0. The first-order chi connectivity index (χ1) is 31.7. The molecule has 0 amide bonds. The molecule has 11 rings (SSSR count). The molecule has 2 saturated carbocycles. The number of nitrogens with zero attached hydrogens (tertiary/aromatic N) is 7. The molecule has 4 aliphatic rings. The molecular formula is C50H62N10O4S. The van der Waals surface area contributed by atoms with Crippen LogP contribution in [0.25, 0.3) is 44.3 Å². The Morgan fingerprint density at radius 1 is 0.600 bits per heavy atom. The summed E-state index contributed by atoms with van der Waals surface area (Å²) >= 11 is 0. The molecule has 0 spiro atoms. The zero-order valence-corrected chi connectivity index (χ0v) is 38.4. The van der Waals surface area contributed by atoms with Gasteiger partial charge in [0, 0.05) is 135 Å². The van der Waals surface area contributed by atoms with Crippen LogP contribution in [-0.4, -0.2) is 97.5 Å². The van der Waals surface area contributed by atoms with Crippen molar-refractivity contribution >= 4 is 32.1 Å². The second-order valence-corrected chi connectivity index (χ2v) is 20.5. The van der Waals surface area contributed by atoms with Crippen molar-refractivity contribution in [1.29, 1.82) is 0 Å². The van der Waals surface area contributed by atoms with Gasteiger partial charge in [-0.1, -0.05) is 18.2 Å². The normalized spacial score (nSPS) is 22.6. The topological polar surface area (TPSA) is 159 Å². The average molecular weight is 899 g/mol. The Bertz CT molecular complexity index is 2790. The second kappa shape index (κ2) is 19.3. The SMILES string of the molecule is Cn1cc(-c2c[nH]c3ncc(C4CCC(NC5CCOCC5)CC4)cc23)cn1.Cn1cc(-c2cn(S(=O)(=O)c3ccccc3)c3ncc(C4CCC(NC5CCOCC5)CC4)cc23)cn1. The Morgan fingerprint density at radius 2 is 1.11 bits per heavy atom. The third-order valence-corrected chi connectivity index (χ3v) is 16.0. The maximum atomic E-state index is 13.6. The first-order valence-corrected chi connectivity index (χ1v) is 25.1. The highest BCUT2D eigenvalue weighted by molar-refractivity contribution is 7.90. The smallest absolute Gasteiger partial charge is 0.269 e. The van der Waals surface area contributed by atoms with Crippen molar-refractivity contribution in [2.45, 2.75) is 118 Å². The molecule has 0 radical (unpaired) electrons. The molecule has 65 heavy (non-hydrogen) atoms. The Balaban J connectivity index is 0.000000159. The van der Waals surface area contributed by atoms with Crippen molar-refractivity contribution in [2.75, 3.05) is 26.4 Å². The fourth-order valence-corrected chi connectivity index (χ4v) is 12.0. The highest BCUT2D eigenvalue weighted by Gasteiger charge is 2.29. The van der Waals surface area contributed by atoms with Crippen LogP contribution < -0.4 is 10.6 Å². The van der Waals surface area contributed by atoms with E-state index < -0.39 is 10.0 Å². The Hall–Kier alpha value is -5.19. The molecule has 14 nitrogen and oxygen atoms in total. The number of pyridine rings is 2. The highest BCUT2D eigenvalue weighted by atomic mass is 32.2. The van der Waals surface area contributed by atoms with Crippen molar-refractivity contribution in [3.63, 3.8) is 0 Å². The molecule has 2 aliphatic carbocycles. The lowest BCUT2D eigenvalue weighted by Gasteiger charge is -2.33. The summed E-state index contributed by atoms with van der Waals surface area (Å²) in [4.78, 5) is 13.0. The van der Waals surface area contributed by atoms with Crippen LogP contribution in [0.15, 0.2) is 96.9 Å². The number of nitrogens with one attached hydrogen (secondary N) is 3. The number of H-pyrrole nitrogens is 1. The standard InChI is InChI=1S/C28H33N5O3S.C22H29N5O/c1-32-18-22(17-30-32)27-19-33(37(34,35)25-5-3-2-4-6-25)28-26(27)15-21(16-29-28)20-7-9-23(10-8-20)31-24-11-13-36-14-12-24;1-27-14-17(12-25-27)21-13-24-22-20(21)10-16(11-23-22)15-2-4-18(5-3-15)26-19-6-8-28-9-7-19/h2-6,15-20,23-24,31H,7-14H2,1H3;10-15,18-19,26H,2-9H2,1H3,(H,23,24). The first kappa shape index (κ1) is 43.7. The number of benzene rings is 1. The van der Waals surface area contributed by atoms with Gasteiger partial charge in [0.1, 0.15) is 5.65 Å². The fourth-order valence-electron chi connectivity index (χ4n) is 10.6. The van der Waals surface area contributed by atoms with Crippen LogP contribution in [0, 0.1) is 0 Å². The third kappa shape index (κ3) is 9.71. The molecule has 0 unspecified atom stereocenters. The van der Waals surface area contributed by atoms with Crippen LogP contribution in [0.2, 0.25) is 0 Å². The molecule has 0 atom stereocenters. The lowest BCUT2D eigenvalue weighted by Crippen LogP contribution is -2.43. The number of hydrogen-bond acceptors (Lipinski definition) is 10. The number of ether oxygens (including phenoxy) is 2. The zero-order valence-electron chi connectivity index (χ0n) is 37.6. The van der Waals surface area contributed by atoms with Gasteiger partial charge in [-0.05, 0) is 124 Å². The van der Waals surface area contributed by atoms with E-state index in [0.29, 0.717) is 41.7 Å². The van der Waals surface area contributed by atoms with Crippen LogP contribution in [0.1, 0.15) is 100 Å². The van der Waals surface area contributed by atoms with Crippen molar-refractivity contribution in [2.24, 2.45) is 14.1 Å². The molecule has 6 aromatic heterocycles. The number of hydrogen-bond donors (Lipinski definition) is 3. The number of fused-ring (bicyclic) bond motifs is 2. The predicted molar refractivity (Wildman–Crippen MR) is 253 cm³/mol. The lowest BCUT2D eigenvalue weighted by molar-refractivity contribution is 0.0727. The average Bonchev–Trinajstić information content (AvgIpc) is 4.16. The predicted octanol–water partition coefficient (Wildman–Crippen LogP) is 8.23. The van der Waals surface area contributed by atoms with E-state index in [1.54, 1.807) is 41.3 Å². The minimum absolute atomic E-state index is 0.242. The Labute approximate surface area is 381 Å². The van der Waals surface area contributed by atoms with Gasteiger partial charge in [-0.15, -0.1) is 0 Å². The summed E-state index contributed by atoms with van der Waals surface area (Å²) in [6.07, 6.45) is 29.3. The van der Waals surface area contributed by atoms with Gasteiger partial charge < -0.3 is 25.1 Å². The fraction of sp³-hybridized carbons (Fsp3) is 0.480. The summed E-state index contributed by atoms with van der Waals surface area (Å²) in [5, 5.41) is 18.4. The number of aryl methyl sites for hydroxylation is 2. The number of aromatic nitrogens is 8. The molecule has 15 heteroatoms. The van der Waals surface area contributed by atoms with Crippen LogP contribution in [0.4, 0.5) is 0 Å². The molecular weight excluding hydrogens is 837 g/mol. The van der Waals surface area contributed by atoms with E-state index in [1.807, 2.05) is 49.6 Å². The molecule has 1 aromatic carbocycles. The van der Waals surface area contributed by atoms with E-state index in [0.717, 1.165) is 106 Å². The number of rotatable bonds is 10. The van der Waals surface area contributed by atoms with E-state index in [4.69, 9.17) is 19.4 Å². The van der Waals surface area contributed by atoms with Gasteiger partial charge in [0.15, 0.2) is 5.65 Å². The van der Waals surface area contributed by atoms with Crippen molar-refractivity contribution in [1.82, 2.24) is 49.1 Å². The zero-order chi connectivity index (χ0) is 44.3. The van der Waals surface area contributed by atoms with E-state index >= 15 is 0 Å². The summed E-state index contributed by atoms with van der Waals surface area (Å²) in [6.45, 7) is 3.54. The van der Waals surface area contributed by atoms with Gasteiger partial charge in [-0.25, -0.2) is 22.4 Å². The summed E-state index contributed by atoms with van der Waals surface area (Å²) in [5.41, 5.74) is 7.98. The molecule has 7 aromatic rings. The third-order valence-electron chi connectivity index (χ3n) is 14.3. The van der Waals surface area contributed by atoms with E-state index in [-0.39, 0.29) is 4.90 Å². The van der Waals surface area contributed by atoms with Crippen molar-refractivity contribution in [3.8, 4) is 22.3 Å². The second-order valence-electron chi connectivity index (χ2n) is 18.7. The summed E-state index contributed by atoms with van der Waals surface area (Å²) in [6, 6.07) is 15.4. The highest BCUT2D eigenvalue weighted by Crippen LogP contribution is 2.39. The summed E-state index contributed by atoms with van der Waals surface area (Å²) in [5.74, 6) is 1.03. The maximum Gasteiger partial charge on any atom is 0.269 e. The number of aromatic amines is 1. The minimum Gasteiger partial charge on any atom is -0.381 e. The molecule has 4 fully saturated rings. The van der Waals surface area contributed by atoms with Gasteiger partial charge in [0.25, 0.3) is 10.0 Å². The van der Waals surface area contributed by atoms with Crippen LogP contribution in [0.3, 0.4) is 0 Å². The molecule has 342 valence electrons. The molecule has 3 N–H and O–H groups in total. The molecule has 8 heterocycles. The molecule has 2 aliphatic heterocycles. The first-order valence-electron chi connectivity index (χ1n) is 23.7. The summed E-state index contributed by atoms with van der Waals surface area (Å²) < 4.78 is 43.0. The quantitative estimate of drug-likeness (QED) is 0.122. The molecule has 2 saturated heterocycles. The van der Waals surface area contributed by atoms with Crippen LogP contribution in [0.5, 0.6) is 0 Å². The van der Waals surface area contributed by atoms with Crippen molar-refractivity contribution < 1.29 is 17.9 Å². The van der Waals surface area contributed by atoms with Gasteiger partial charge in [-0.3, -0.25) is 9.36 Å².